The van der Waals surface area contributed by atoms with Gasteiger partial charge in [-0.1, -0.05) is 18.2 Å². The summed E-state index contributed by atoms with van der Waals surface area (Å²) in [6.45, 7) is 1.34. The lowest BCUT2D eigenvalue weighted by atomic mass is 10.2. The molecule has 1 unspecified atom stereocenters. The minimum Gasteiger partial charge on any atom is -0.377 e. The van der Waals surface area contributed by atoms with Gasteiger partial charge in [0.25, 0.3) is 5.91 Å². The minimum atomic E-state index is -0.0516. The lowest BCUT2D eigenvalue weighted by molar-refractivity contribution is 0.0947. The van der Waals surface area contributed by atoms with Crippen LogP contribution in [0.15, 0.2) is 53.7 Å². The van der Waals surface area contributed by atoms with Crippen molar-refractivity contribution >= 4 is 17.7 Å². The highest BCUT2D eigenvalue weighted by molar-refractivity contribution is 7.99. The van der Waals surface area contributed by atoms with E-state index in [1.54, 1.807) is 24.2 Å². The van der Waals surface area contributed by atoms with E-state index in [1.807, 2.05) is 36.4 Å². The Hall–Kier alpha value is -1.85. The van der Waals surface area contributed by atoms with E-state index >= 15 is 0 Å². The summed E-state index contributed by atoms with van der Waals surface area (Å²) >= 11 is 1.70. The van der Waals surface area contributed by atoms with Crippen LogP contribution in [-0.2, 0) is 11.3 Å². The van der Waals surface area contributed by atoms with E-state index < -0.39 is 0 Å². The van der Waals surface area contributed by atoms with Gasteiger partial charge >= 0.3 is 0 Å². The molecule has 2 heterocycles. The van der Waals surface area contributed by atoms with E-state index in [0.29, 0.717) is 12.6 Å². The molecular weight excluding hydrogens is 308 g/mol. The Morgan fingerprint density at radius 2 is 2.22 bits per heavy atom. The van der Waals surface area contributed by atoms with Crippen LogP contribution in [-0.4, -0.2) is 29.4 Å². The molecule has 1 aliphatic heterocycles. The minimum absolute atomic E-state index is 0.0516. The summed E-state index contributed by atoms with van der Waals surface area (Å²) in [5, 5.41) is 2.96. The smallest absolute Gasteiger partial charge is 0.252 e. The zero-order chi connectivity index (χ0) is 15.9. The molecule has 3 rings (SSSR count). The van der Waals surface area contributed by atoms with Gasteiger partial charge in [-0.2, -0.15) is 0 Å². The van der Waals surface area contributed by atoms with E-state index in [0.717, 1.165) is 41.2 Å². The predicted octanol–water partition coefficient (Wildman–Crippen LogP) is 3.28. The number of aromatic nitrogens is 1. The maximum atomic E-state index is 12.5. The van der Waals surface area contributed by atoms with Gasteiger partial charge in [0, 0.05) is 36.2 Å². The van der Waals surface area contributed by atoms with Crippen LogP contribution in [0.25, 0.3) is 0 Å². The van der Waals surface area contributed by atoms with Crippen LogP contribution in [0.2, 0.25) is 0 Å². The molecule has 0 radical (unpaired) electrons. The molecule has 0 saturated carbocycles. The molecule has 1 fully saturated rings. The molecule has 0 bridgehead atoms. The third kappa shape index (κ3) is 4.56. The van der Waals surface area contributed by atoms with E-state index in [1.165, 1.54) is 0 Å². The van der Waals surface area contributed by atoms with Gasteiger partial charge in [0.1, 0.15) is 0 Å². The highest BCUT2D eigenvalue weighted by Crippen LogP contribution is 2.26. The molecule has 0 aliphatic carbocycles. The average Bonchev–Trinajstić information content (AvgIpc) is 3.12. The summed E-state index contributed by atoms with van der Waals surface area (Å²) in [5.41, 5.74) is 1.71. The Kier molecular flexibility index (Phi) is 5.66. The van der Waals surface area contributed by atoms with Crippen LogP contribution in [0, 0.1) is 0 Å². The largest absolute Gasteiger partial charge is 0.377 e. The Morgan fingerprint density at radius 3 is 3.00 bits per heavy atom. The summed E-state index contributed by atoms with van der Waals surface area (Å²) in [4.78, 5) is 17.5. The molecule has 1 amide bonds. The molecule has 1 aromatic heterocycles. The van der Waals surface area contributed by atoms with Crippen molar-refractivity contribution in [2.45, 2.75) is 30.4 Å². The summed E-state index contributed by atoms with van der Waals surface area (Å²) in [7, 11) is 0. The molecule has 1 atom stereocenters. The number of benzene rings is 1. The van der Waals surface area contributed by atoms with Gasteiger partial charge in [-0.25, -0.2) is 0 Å². The fourth-order valence-electron chi connectivity index (χ4n) is 2.52. The maximum absolute atomic E-state index is 12.5. The second kappa shape index (κ2) is 8.13. The van der Waals surface area contributed by atoms with Crippen molar-refractivity contribution in [1.82, 2.24) is 10.3 Å². The fraction of sp³-hybridized carbons (Fsp3) is 0.333. The van der Waals surface area contributed by atoms with Gasteiger partial charge in [0.15, 0.2) is 0 Å². The quantitative estimate of drug-likeness (QED) is 0.827. The highest BCUT2D eigenvalue weighted by atomic mass is 32.2. The van der Waals surface area contributed by atoms with Crippen LogP contribution < -0.4 is 5.32 Å². The van der Waals surface area contributed by atoms with Crippen molar-refractivity contribution < 1.29 is 9.53 Å². The zero-order valence-corrected chi connectivity index (χ0v) is 13.7. The number of nitrogens with one attached hydrogen (secondary N) is 1. The van der Waals surface area contributed by atoms with Crippen molar-refractivity contribution in [2.24, 2.45) is 0 Å². The number of hydrogen-bond donors (Lipinski definition) is 1. The predicted molar refractivity (Wildman–Crippen MR) is 91.5 cm³/mol. The second-order valence-corrected chi connectivity index (χ2v) is 6.55. The standard InChI is InChI=1S/C18H20N2O2S/c21-18(20-12-14-5-3-9-19-11-14)16-7-1-2-8-17(16)23-13-15-6-4-10-22-15/h1-3,5,7-9,11,15H,4,6,10,12-13H2,(H,20,21). The summed E-state index contributed by atoms with van der Waals surface area (Å²) in [5.74, 6) is 0.844. The Balaban J connectivity index is 1.60. The lowest BCUT2D eigenvalue weighted by Gasteiger charge is -2.12. The third-order valence-electron chi connectivity index (χ3n) is 3.76. The number of pyridine rings is 1. The van der Waals surface area contributed by atoms with Crippen LogP contribution in [0.5, 0.6) is 0 Å². The number of nitrogens with zero attached hydrogens (tertiary/aromatic N) is 1. The molecule has 23 heavy (non-hydrogen) atoms. The van der Waals surface area contributed by atoms with Crippen molar-refractivity contribution in [2.75, 3.05) is 12.4 Å². The lowest BCUT2D eigenvalue weighted by Crippen LogP contribution is -2.23. The van der Waals surface area contributed by atoms with Crippen LogP contribution in [0.1, 0.15) is 28.8 Å². The van der Waals surface area contributed by atoms with Gasteiger partial charge in [0.2, 0.25) is 0 Å². The monoisotopic (exact) mass is 328 g/mol. The van der Waals surface area contributed by atoms with E-state index in [-0.39, 0.29) is 5.91 Å². The molecule has 4 nitrogen and oxygen atoms in total. The summed E-state index contributed by atoms with van der Waals surface area (Å²) < 4.78 is 5.65. The maximum Gasteiger partial charge on any atom is 0.252 e. The molecule has 120 valence electrons. The second-order valence-electron chi connectivity index (χ2n) is 5.49. The van der Waals surface area contributed by atoms with Crippen molar-refractivity contribution in [3.63, 3.8) is 0 Å². The average molecular weight is 328 g/mol. The van der Waals surface area contributed by atoms with Crippen molar-refractivity contribution in [3.8, 4) is 0 Å². The molecule has 5 heteroatoms. The SMILES string of the molecule is O=C(NCc1cccnc1)c1ccccc1SCC1CCCO1. The zero-order valence-electron chi connectivity index (χ0n) is 12.9. The molecule has 1 aliphatic rings. The number of thioether (sulfide) groups is 1. The topological polar surface area (TPSA) is 51.2 Å². The van der Waals surface area contributed by atoms with Crippen molar-refractivity contribution in [1.29, 1.82) is 0 Å². The van der Waals surface area contributed by atoms with E-state index in [2.05, 4.69) is 10.3 Å². The first-order valence-corrected chi connectivity index (χ1v) is 8.82. The van der Waals surface area contributed by atoms with Crippen LogP contribution in [0.4, 0.5) is 0 Å². The number of hydrogen-bond acceptors (Lipinski definition) is 4. The Labute approximate surface area is 140 Å². The van der Waals surface area contributed by atoms with Crippen LogP contribution in [0.3, 0.4) is 0 Å². The first-order chi connectivity index (χ1) is 11.3. The van der Waals surface area contributed by atoms with Gasteiger partial charge in [-0.15, -0.1) is 11.8 Å². The number of carbonyl (C=O) groups excluding carboxylic acids is 1. The molecule has 1 aromatic carbocycles. The third-order valence-corrected chi connectivity index (χ3v) is 4.96. The number of ether oxygens (including phenoxy) is 1. The van der Waals surface area contributed by atoms with Gasteiger partial charge in [-0.3, -0.25) is 9.78 Å². The molecular formula is C18H20N2O2S. The first-order valence-electron chi connectivity index (χ1n) is 7.83. The van der Waals surface area contributed by atoms with E-state index in [9.17, 15) is 4.79 Å². The van der Waals surface area contributed by atoms with Crippen LogP contribution >= 0.6 is 11.8 Å². The molecule has 0 spiro atoms. The fourth-order valence-corrected chi connectivity index (χ4v) is 3.64. The van der Waals surface area contributed by atoms with E-state index in [4.69, 9.17) is 4.74 Å². The first kappa shape index (κ1) is 16.0. The van der Waals surface area contributed by atoms with Gasteiger partial charge in [-0.05, 0) is 36.6 Å². The molecule has 2 aromatic rings. The Morgan fingerprint density at radius 1 is 1.30 bits per heavy atom. The molecule has 1 N–H and O–H groups in total. The summed E-state index contributed by atoms with van der Waals surface area (Å²) in [6, 6.07) is 11.6. The Bertz CT molecular complexity index is 642. The normalized spacial score (nSPS) is 17.1. The van der Waals surface area contributed by atoms with Gasteiger partial charge in [0.05, 0.1) is 11.7 Å². The number of carbonyl (C=O) groups is 1. The van der Waals surface area contributed by atoms with Gasteiger partial charge < -0.3 is 10.1 Å². The van der Waals surface area contributed by atoms with Crippen molar-refractivity contribution in [3.05, 3.63) is 59.9 Å². The highest BCUT2D eigenvalue weighted by Gasteiger charge is 2.17. The summed E-state index contributed by atoms with van der Waals surface area (Å²) in [6.07, 6.45) is 6.05. The number of rotatable bonds is 6. The molecule has 1 saturated heterocycles. The number of amides is 1.